The number of aromatic nitrogens is 1. The van der Waals surface area contributed by atoms with Crippen LogP contribution in [0, 0.1) is 6.92 Å². The predicted molar refractivity (Wildman–Crippen MR) is 69.4 cm³/mol. The Balaban J connectivity index is 2.34. The number of aliphatic hydroxyl groups is 2. The smallest absolute Gasteiger partial charge is 0.413 e. The molecule has 100 valence electrons. The Labute approximate surface area is 108 Å². The number of anilines is 1. The standard InChI is InChI=1S/C13H14N2O4/c1-6-4-14-8-2-3-9-11(10(6)8)7(5-16)12(17)15(9)13(18)19/h2-4,7,12,14,16-17H,5H2,1H3,(H,18,19)/t7?,12-/m0/s1. The zero-order valence-electron chi connectivity index (χ0n) is 10.3. The molecule has 0 radical (unpaired) electrons. The summed E-state index contributed by atoms with van der Waals surface area (Å²) in [6.45, 7) is 1.60. The number of aromatic amines is 1. The fourth-order valence-electron chi connectivity index (χ4n) is 2.87. The van der Waals surface area contributed by atoms with E-state index in [1.165, 1.54) is 0 Å². The van der Waals surface area contributed by atoms with Crippen LogP contribution in [0.5, 0.6) is 0 Å². The van der Waals surface area contributed by atoms with Gasteiger partial charge in [-0.2, -0.15) is 0 Å². The number of aliphatic hydroxyl groups excluding tert-OH is 2. The van der Waals surface area contributed by atoms with Crippen molar-refractivity contribution in [1.82, 2.24) is 4.98 Å². The van der Waals surface area contributed by atoms with E-state index in [2.05, 4.69) is 4.98 Å². The van der Waals surface area contributed by atoms with E-state index in [4.69, 9.17) is 0 Å². The van der Waals surface area contributed by atoms with Crippen LogP contribution in [0.4, 0.5) is 10.5 Å². The number of hydrogen-bond acceptors (Lipinski definition) is 3. The molecule has 0 bridgehead atoms. The number of fused-ring (bicyclic) bond motifs is 3. The second kappa shape index (κ2) is 3.97. The number of carboxylic acid groups (broad SMARTS) is 1. The number of rotatable bonds is 1. The third-order valence-electron chi connectivity index (χ3n) is 3.72. The van der Waals surface area contributed by atoms with Crippen LogP contribution in [-0.2, 0) is 0 Å². The molecule has 1 aromatic carbocycles. The minimum absolute atomic E-state index is 0.304. The molecule has 0 aliphatic carbocycles. The summed E-state index contributed by atoms with van der Waals surface area (Å²) < 4.78 is 0. The third-order valence-corrected chi connectivity index (χ3v) is 3.72. The molecule has 6 nitrogen and oxygen atoms in total. The summed E-state index contributed by atoms with van der Waals surface area (Å²) in [5.41, 5.74) is 2.96. The van der Waals surface area contributed by atoms with Crippen molar-refractivity contribution >= 4 is 22.7 Å². The quantitative estimate of drug-likeness (QED) is 0.624. The zero-order chi connectivity index (χ0) is 13.7. The molecule has 1 amide bonds. The number of amides is 1. The first kappa shape index (κ1) is 12.0. The van der Waals surface area contributed by atoms with E-state index in [0.717, 1.165) is 21.4 Å². The van der Waals surface area contributed by atoms with E-state index >= 15 is 0 Å². The van der Waals surface area contributed by atoms with Gasteiger partial charge in [0.1, 0.15) is 6.23 Å². The fourth-order valence-corrected chi connectivity index (χ4v) is 2.87. The van der Waals surface area contributed by atoms with E-state index in [0.29, 0.717) is 11.3 Å². The van der Waals surface area contributed by atoms with Gasteiger partial charge in [-0.1, -0.05) is 0 Å². The monoisotopic (exact) mass is 262 g/mol. The summed E-state index contributed by atoms with van der Waals surface area (Å²) in [6, 6.07) is 3.43. The van der Waals surface area contributed by atoms with Crippen molar-refractivity contribution in [3.8, 4) is 0 Å². The Morgan fingerprint density at radius 3 is 2.84 bits per heavy atom. The van der Waals surface area contributed by atoms with E-state index in [1.807, 2.05) is 13.1 Å². The summed E-state index contributed by atoms with van der Waals surface area (Å²) in [5, 5.41) is 29.7. The molecule has 0 saturated carbocycles. The highest BCUT2D eigenvalue weighted by molar-refractivity contribution is 5.99. The van der Waals surface area contributed by atoms with Crippen molar-refractivity contribution < 1.29 is 20.1 Å². The maximum absolute atomic E-state index is 11.3. The van der Waals surface area contributed by atoms with E-state index in [9.17, 15) is 20.1 Å². The highest BCUT2D eigenvalue weighted by Gasteiger charge is 2.42. The molecule has 6 heteroatoms. The number of benzene rings is 1. The molecule has 0 saturated heterocycles. The number of nitrogens with zero attached hydrogens (tertiary/aromatic N) is 1. The number of carbonyl (C=O) groups is 1. The molecule has 2 atom stereocenters. The van der Waals surface area contributed by atoms with Gasteiger partial charge in [0.15, 0.2) is 0 Å². The normalized spacial score (nSPS) is 21.9. The Bertz CT molecular complexity index is 664. The molecule has 1 aliphatic rings. The van der Waals surface area contributed by atoms with Gasteiger partial charge in [0.05, 0.1) is 18.2 Å². The molecule has 2 heterocycles. The van der Waals surface area contributed by atoms with Crippen molar-refractivity contribution in [2.75, 3.05) is 11.5 Å². The first-order valence-corrected chi connectivity index (χ1v) is 5.98. The minimum atomic E-state index is -1.25. The Morgan fingerprint density at radius 2 is 2.21 bits per heavy atom. The molecule has 2 aromatic rings. The van der Waals surface area contributed by atoms with Gasteiger partial charge in [-0.3, -0.25) is 4.90 Å². The molecule has 4 N–H and O–H groups in total. The molecule has 1 aromatic heterocycles. The molecule has 1 unspecified atom stereocenters. The van der Waals surface area contributed by atoms with Crippen molar-refractivity contribution in [2.45, 2.75) is 19.1 Å². The summed E-state index contributed by atoms with van der Waals surface area (Å²) in [7, 11) is 0. The van der Waals surface area contributed by atoms with E-state index in [1.54, 1.807) is 12.1 Å². The second-order valence-electron chi connectivity index (χ2n) is 4.75. The summed E-state index contributed by atoms with van der Waals surface area (Å²) >= 11 is 0. The summed E-state index contributed by atoms with van der Waals surface area (Å²) in [5.74, 6) is -0.621. The van der Waals surface area contributed by atoms with Crippen molar-refractivity contribution in [3.05, 3.63) is 29.5 Å². The van der Waals surface area contributed by atoms with Gasteiger partial charge in [0.2, 0.25) is 0 Å². The van der Waals surface area contributed by atoms with Crippen molar-refractivity contribution in [2.24, 2.45) is 0 Å². The largest absolute Gasteiger partial charge is 0.465 e. The maximum atomic E-state index is 11.3. The Morgan fingerprint density at radius 1 is 1.47 bits per heavy atom. The van der Waals surface area contributed by atoms with Gasteiger partial charge in [-0.05, 0) is 30.2 Å². The van der Waals surface area contributed by atoms with Crippen LogP contribution < -0.4 is 4.90 Å². The average Bonchev–Trinajstić information content (AvgIpc) is 2.86. The van der Waals surface area contributed by atoms with Crippen molar-refractivity contribution in [3.63, 3.8) is 0 Å². The van der Waals surface area contributed by atoms with Crippen molar-refractivity contribution in [1.29, 1.82) is 0 Å². The van der Waals surface area contributed by atoms with Gasteiger partial charge in [0.25, 0.3) is 0 Å². The highest BCUT2D eigenvalue weighted by Crippen LogP contribution is 2.44. The van der Waals surface area contributed by atoms with Crippen LogP contribution in [0.25, 0.3) is 10.9 Å². The van der Waals surface area contributed by atoms with E-state index in [-0.39, 0.29) is 6.61 Å². The number of nitrogens with one attached hydrogen (secondary N) is 1. The SMILES string of the molecule is Cc1c[nH]c2ccc3c(c12)C(CO)[C@H](O)N3C(=O)O. The van der Waals surface area contributed by atoms with Crippen LogP contribution in [0.2, 0.25) is 0 Å². The lowest BCUT2D eigenvalue weighted by molar-refractivity contribution is 0.109. The Hall–Kier alpha value is -2.05. The lowest BCUT2D eigenvalue weighted by Crippen LogP contribution is -2.38. The zero-order valence-corrected chi connectivity index (χ0v) is 10.3. The maximum Gasteiger partial charge on any atom is 0.413 e. The number of hydrogen-bond donors (Lipinski definition) is 4. The lowest BCUT2D eigenvalue weighted by Gasteiger charge is -2.19. The van der Waals surface area contributed by atoms with Gasteiger partial charge in [-0.25, -0.2) is 4.79 Å². The molecular weight excluding hydrogens is 248 g/mol. The minimum Gasteiger partial charge on any atom is -0.465 e. The average molecular weight is 262 g/mol. The first-order valence-electron chi connectivity index (χ1n) is 5.98. The summed E-state index contributed by atoms with van der Waals surface area (Å²) in [6.07, 6.45) is -0.649. The Kier molecular flexibility index (Phi) is 2.51. The molecule has 19 heavy (non-hydrogen) atoms. The predicted octanol–water partition coefficient (Wildman–Crippen LogP) is 1.37. The topological polar surface area (TPSA) is 96.8 Å². The molecule has 1 aliphatic heterocycles. The molecule has 3 rings (SSSR count). The van der Waals surface area contributed by atoms with Crippen LogP contribution in [-0.4, -0.2) is 39.2 Å². The molecule has 0 spiro atoms. The van der Waals surface area contributed by atoms with Gasteiger partial charge < -0.3 is 20.3 Å². The van der Waals surface area contributed by atoms with E-state index < -0.39 is 18.2 Å². The van der Waals surface area contributed by atoms with Crippen LogP contribution >= 0.6 is 0 Å². The van der Waals surface area contributed by atoms with Gasteiger partial charge in [0, 0.05) is 17.1 Å². The van der Waals surface area contributed by atoms with Crippen LogP contribution in [0.3, 0.4) is 0 Å². The van der Waals surface area contributed by atoms with Crippen LogP contribution in [0.15, 0.2) is 18.3 Å². The molecular formula is C13H14N2O4. The van der Waals surface area contributed by atoms with Gasteiger partial charge in [-0.15, -0.1) is 0 Å². The fraction of sp³-hybridized carbons (Fsp3) is 0.308. The van der Waals surface area contributed by atoms with Gasteiger partial charge >= 0.3 is 6.09 Å². The number of H-pyrrole nitrogens is 1. The lowest BCUT2D eigenvalue weighted by atomic mass is 9.95. The second-order valence-corrected chi connectivity index (χ2v) is 4.75. The highest BCUT2D eigenvalue weighted by atomic mass is 16.4. The van der Waals surface area contributed by atoms with Crippen LogP contribution in [0.1, 0.15) is 17.0 Å². The molecule has 0 fully saturated rings. The summed E-state index contributed by atoms with van der Waals surface area (Å²) in [4.78, 5) is 15.3. The first-order chi connectivity index (χ1) is 9.06. The third kappa shape index (κ3) is 1.47. The number of aryl methyl sites for hydroxylation is 1.